The van der Waals surface area contributed by atoms with Gasteiger partial charge in [0.25, 0.3) is 0 Å². The van der Waals surface area contributed by atoms with E-state index < -0.39 is 8.07 Å². The summed E-state index contributed by atoms with van der Waals surface area (Å²) in [6.45, 7) is 22.9. The first-order valence-electron chi connectivity index (χ1n) is 17.8. The molecule has 0 spiro atoms. The van der Waals surface area contributed by atoms with Crippen LogP contribution in [0.3, 0.4) is 0 Å². The fraction of sp³-hybridized carbons (Fsp3) is 0.432. The van der Waals surface area contributed by atoms with Gasteiger partial charge in [0.05, 0.1) is 45.7 Å². The van der Waals surface area contributed by atoms with Gasteiger partial charge in [0, 0.05) is 16.1 Å². The molecule has 1 unspecified atom stereocenters. The number of fused-ring (bicyclic) bond motifs is 3. The standard InChI is InChI=1S/C44H57N2O4P/c1-41(2,3)27-43(7,8)29-21-23-31-32-24-22-30(44(9,10)28-42(4,5)6)26-34(32)46(33(31)25-29)40(47)45-51(38-20-15-14-17-35(38)48-11)39-36(49-12)18-16-19-37(39)50-13/h14-26H,27-28H2,1-13H3,(H,45,47). The van der Waals surface area contributed by atoms with E-state index in [1.54, 1.807) is 21.3 Å². The molecule has 0 aliphatic heterocycles. The predicted octanol–water partition coefficient (Wildman–Crippen LogP) is 10.9. The summed E-state index contributed by atoms with van der Waals surface area (Å²) in [6, 6.07) is 26.7. The summed E-state index contributed by atoms with van der Waals surface area (Å²) >= 11 is 0. The van der Waals surface area contributed by atoms with Crippen molar-refractivity contribution >= 4 is 46.5 Å². The van der Waals surface area contributed by atoms with E-state index in [1.807, 2.05) is 47.0 Å². The second kappa shape index (κ2) is 14.2. The van der Waals surface area contributed by atoms with Gasteiger partial charge < -0.3 is 19.3 Å². The van der Waals surface area contributed by atoms with Gasteiger partial charge in [-0.15, -0.1) is 0 Å². The van der Waals surface area contributed by atoms with Crippen LogP contribution >= 0.6 is 8.07 Å². The Morgan fingerprint density at radius 1 is 0.608 bits per heavy atom. The van der Waals surface area contributed by atoms with Gasteiger partial charge in [-0.25, -0.2) is 4.79 Å². The number of hydrogen-bond donors (Lipinski definition) is 1. The molecule has 1 amide bonds. The molecular formula is C44H57N2O4P. The molecule has 272 valence electrons. The summed E-state index contributed by atoms with van der Waals surface area (Å²) in [5.74, 6) is 1.94. The van der Waals surface area contributed by atoms with Gasteiger partial charge in [0.1, 0.15) is 17.2 Å². The van der Waals surface area contributed by atoms with E-state index in [4.69, 9.17) is 14.2 Å². The van der Waals surface area contributed by atoms with E-state index in [-0.39, 0.29) is 27.7 Å². The normalized spacial score (nSPS) is 13.4. The number of benzene rings is 4. The molecule has 0 radical (unpaired) electrons. The fourth-order valence-corrected chi connectivity index (χ4v) is 10.3. The number of carbonyl (C=O) groups is 1. The number of rotatable bonds is 10. The lowest BCUT2D eigenvalue weighted by Gasteiger charge is -2.33. The second-order valence-corrected chi connectivity index (χ2v) is 19.3. The van der Waals surface area contributed by atoms with Crippen molar-refractivity contribution in [2.24, 2.45) is 10.8 Å². The average Bonchev–Trinajstić information content (AvgIpc) is 3.38. The Hall–Kier alpha value is -4.02. The summed E-state index contributed by atoms with van der Waals surface area (Å²) in [4.78, 5) is 15.2. The Kier molecular flexibility index (Phi) is 10.6. The Bertz CT molecular complexity index is 1940. The topological polar surface area (TPSA) is 61.7 Å². The molecule has 1 N–H and O–H groups in total. The predicted molar refractivity (Wildman–Crippen MR) is 216 cm³/mol. The van der Waals surface area contributed by atoms with Crippen molar-refractivity contribution in [3.8, 4) is 17.2 Å². The highest BCUT2D eigenvalue weighted by Gasteiger charge is 2.33. The van der Waals surface area contributed by atoms with E-state index >= 15 is 4.79 Å². The van der Waals surface area contributed by atoms with Crippen molar-refractivity contribution in [3.05, 3.63) is 90.0 Å². The lowest BCUT2D eigenvalue weighted by atomic mass is 9.72. The van der Waals surface area contributed by atoms with E-state index in [9.17, 15) is 0 Å². The number of aromatic nitrogens is 1. The molecule has 0 aliphatic carbocycles. The molecule has 0 saturated heterocycles. The molecule has 51 heavy (non-hydrogen) atoms. The van der Waals surface area contributed by atoms with Crippen molar-refractivity contribution in [2.75, 3.05) is 21.3 Å². The quantitative estimate of drug-likeness (QED) is 0.147. The average molecular weight is 709 g/mol. The molecule has 0 bridgehead atoms. The first-order valence-corrected chi connectivity index (χ1v) is 19.2. The minimum absolute atomic E-state index is 0.112. The molecule has 0 aliphatic rings. The third-order valence-electron chi connectivity index (χ3n) is 9.64. The van der Waals surface area contributed by atoms with Crippen molar-refractivity contribution in [3.63, 3.8) is 0 Å². The fourth-order valence-electron chi connectivity index (χ4n) is 8.18. The number of amides is 1. The summed E-state index contributed by atoms with van der Waals surface area (Å²) in [7, 11) is 3.36. The summed E-state index contributed by atoms with van der Waals surface area (Å²) in [5.41, 5.74) is 4.21. The van der Waals surface area contributed by atoms with Gasteiger partial charge in [0.15, 0.2) is 0 Å². The van der Waals surface area contributed by atoms with Gasteiger partial charge in [-0.2, -0.15) is 0 Å². The molecule has 5 rings (SSSR count). The minimum atomic E-state index is -1.58. The van der Waals surface area contributed by atoms with Crippen LogP contribution in [0.15, 0.2) is 78.9 Å². The van der Waals surface area contributed by atoms with Crippen molar-refractivity contribution in [1.29, 1.82) is 0 Å². The first-order chi connectivity index (χ1) is 23.8. The minimum Gasteiger partial charge on any atom is -0.496 e. The highest BCUT2D eigenvalue weighted by Crippen LogP contribution is 2.44. The Labute approximate surface area is 306 Å². The molecule has 5 aromatic rings. The van der Waals surface area contributed by atoms with Crippen LogP contribution in [0.4, 0.5) is 4.79 Å². The lowest BCUT2D eigenvalue weighted by Crippen LogP contribution is -2.33. The van der Waals surface area contributed by atoms with E-state index in [0.29, 0.717) is 17.2 Å². The zero-order valence-corrected chi connectivity index (χ0v) is 33.8. The monoisotopic (exact) mass is 708 g/mol. The maximum Gasteiger partial charge on any atom is 0.330 e. The van der Waals surface area contributed by atoms with Crippen molar-refractivity contribution < 1.29 is 19.0 Å². The number of para-hydroxylation sites is 1. The zero-order chi connectivity index (χ0) is 37.5. The van der Waals surface area contributed by atoms with E-state index in [2.05, 4.69) is 111 Å². The number of carbonyl (C=O) groups excluding carboxylic acids is 1. The first kappa shape index (κ1) is 38.2. The summed E-state index contributed by atoms with van der Waals surface area (Å²) in [6.07, 6.45) is 1.99. The summed E-state index contributed by atoms with van der Waals surface area (Å²) in [5, 5.41) is 7.22. The number of methoxy groups -OCH3 is 3. The molecule has 4 aromatic carbocycles. The zero-order valence-electron chi connectivity index (χ0n) is 32.9. The highest BCUT2D eigenvalue weighted by atomic mass is 31.1. The Morgan fingerprint density at radius 2 is 1.04 bits per heavy atom. The van der Waals surface area contributed by atoms with Gasteiger partial charge in [0.2, 0.25) is 0 Å². The Morgan fingerprint density at radius 3 is 1.47 bits per heavy atom. The van der Waals surface area contributed by atoms with Crippen LogP contribution in [0.5, 0.6) is 17.2 Å². The molecule has 6 nitrogen and oxygen atoms in total. The number of nitrogens with one attached hydrogen (secondary N) is 1. The molecular weight excluding hydrogens is 651 g/mol. The molecule has 0 fully saturated rings. The highest BCUT2D eigenvalue weighted by molar-refractivity contribution is 7.72. The lowest BCUT2D eigenvalue weighted by molar-refractivity contribution is 0.249. The number of hydrogen-bond acceptors (Lipinski definition) is 4. The SMILES string of the molecule is COc1ccccc1P(NC(=O)n1c2cc(C(C)(C)CC(C)(C)C)ccc2c2ccc(C(C)(C)CC(C)(C)C)cc21)c1c(OC)cccc1OC. The van der Waals surface area contributed by atoms with Gasteiger partial charge in [-0.3, -0.25) is 4.57 Å². The second-order valence-electron chi connectivity index (χ2n) is 17.5. The van der Waals surface area contributed by atoms with Crippen molar-refractivity contribution in [2.45, 2.75) is 92.9 Å². The third kappa shape index (κ3) is 8.07. The number of nitrogens with zero attached hydrogens (tertiary/aromatic N) is 1. The van der Waals surface area contributed by atoms with Crippen LogP contribution in [0.25, 0.3) is 21.8 Å². The maximum atomic E-state index is 15.2. The van der Waals surface area contributed by atoms with Gasteiger partial charge in [-0.05, 0) is 82.0 Å². The molecule has 1 atom stereocenters. The van der Waals surface area contributed by atoms with Crippen LogP contribution in [0.1, 0.15) is 93.2 Å². The van der Waals surface area contributed by atoms with Crippen LogP contribution in [0, 0.1) is 10.8 Å². The van der Waals surface area contributed by atoms with Gasteiger partial charge >= 0.3 is 6.03 Å². The van der Waals surface area contributed by atoms with Crippen molar-refractivity contribution in [1.82, 2.24) is 9.65 Å². The smallest absolute Gasteiger partial charge is 0.330 e. The summed E-state index contributed by atoms with van der Waals surface area (Å²) < 4.78 is 19.6. The molecule has 0 saturated carbocycles. The third-order valence-corrected chi connectivity index (χ3v) is 11.8. The van der Waals surface area contributed by atoms with Gasteiger partial charge in [-0.1, -0.05) is 112 Å². The molecule has 1 heterocycles. The maximum absolute atomic E-state index is 15.2. The number of ether oxygens (including phenoxy) is 3. The molecule has 1 aromatic heterocycles. The van der Waals surface area contributed by atoms with Crippen LogP contribution < -0.4 is 29.9 Å². The van der Waals surface area contributed by atoms with E-state index in [0.717, 1.165) is 45.3 Å². The van der Waals surface area contributed by atoms with Crippen LogP contribution in [0.2, 0.25) is 0 Å². The van der Waals surface area contributed by atoms with Crippen LogP contribution in [-0.4, -0.2) is 31.9 Å². The van der Waals surface area contributed by atoms with E-state index in [1.165, 1.54) is 11.1 Å². The molecule has 7 heteroatoms. The van der Waals surface area contributed by atoms with Crippen LogP contribution in [-0.2, 0) is 10.8 Å². The largest absolute Gasteiger partial charge is 0.496 e. The Balaban J connectivity index is 1.79.